The van der Waals surface area contributed by atoms with Crippen LogP contribution in [0, 0.1) is 19.8 Å². The average molecular weight is 433 g/mol. The maximum absolute atomic E-state index is 12.7. The van der Waals surface area contributed by atoms with Gasteiger partial charge in [-0.2, -0.15) is 0 Å². The van der Waals surface area contributed by atoms with Gasteiger partial charge in [0, 0.05) is 17.9 Å². The summed E-state index contributed by atoms with van der Waals surface area (Å²) in [4.78, 5) is 16.3. The van der Waals surface area contributed by atoms with E-state index >= 15 is 0 Å². The molecular formula is C18H22F3N3O4S. The van der Waals surface area contributed by atoms with Crippen molar-refractivity contribution in [2.45, 2.75) is 45.8 Å². The van der Waals surface area contributed by atoms with E-state index in [0.29, 0.717) is 17.9 Å². The van der Waals surface area contributed by atoms with Crippen LogP contribution in [0.25, 0.3) is 0 Å². The Morgan fingerprint density at radius 1 is 1.21 bits per heavy atom. The zero-order chi connectivity index (χ0) is 22.0. The molecule has 0 aliphatic carbocycles. The van der Waals surface area contributed by atoms with E-state index in [9.17, 15) is 26.4 Å². The Kier molecular flexibility index (Phi) is 6.61. The van der Waals surface area contributed by atoms with Crippen LogP contribution in [0.1, 0.15) is 25.2 Å². The first-order valence-electron chi connectivity index (χ1n) is 8.70. The molecule has 1 N–H and O–H groups in total. The topological polar surface area (TPSA) is 90.3 Å². The van der Waals surface area contributed by atoms with Gasteiger partial charge in [-0.1, -0.05) is 13.8 Å². The summed E-state index contributed by atoms with van der Waals surface area (Å²) in [6.45, 7) is 7.75. The number of imidazole rings is 1. The molecule has 160 valence electrons. The number of hydrogen-bond acceptors (Lipinski definition) is 5. The van der Waals surface area contributed by atoms with E-state index in [1.807, 2.05) is 13.8 Å². The van der Waals surface area contributed by atoms with Gasteiger partial charge in [0.05, 0.1) is 5.69 Å². The van der Waals surface area contributed by atoms with E-state index in [1.54, 1.807) is 18.4 Å². The summed E-state index contributed by atoms with van der Waals surface area (Å²) in [5.41, 5.74) is 1.40. The molecule has 0 unspecified atom stereocenters. The first kappa shape index (κ1) is 22.7. The van der Waals surface area contributed by atoms with Crippen molar-refractivity contribution in [2.75, 3.05) is 11.1 Å². The fourth-order valence-corrected chi connectivity index (χ4v) is 3.98. The van der Waals surface area contributed by atoms with E-state index in [0.717, 1.165) is 12.1 Å². The van der Waals surface area contributed by atoms with Gasteiger partial charge in [0.2, 0.25) is 20.9 Å². The Morgan fingerprint density at radius 3 is 2.31 bits per heavy atom. The molecule has 0 spiro atoms. The van der Waals surface area contributed by atoms with Gasteiger partial charge in [0.1, 0.15) is 11.5 Å². The van der Waals surface area contributed by atoms with Crippen LogP contribution in [0.15, 0.2) is 29.4 Å². The summed E-state index contributed by atoms with van der Waals surface area (Å²) in [7, 11) is -4.02. The first-order chi connectivity index (χ1) is 13.3. The van der Waals surface area contributed by atoms with Crippen molar-refractivity contribution < 1.29 is 31.1 Å². The molecule has 0 radical (unpaired) electrons. The number of aromatic nitrogens is 2. The van der Waals surface area contributed by atoms with Crippen molar-refractivity contribution in [2.24, 2.45) is 5.92 Å². The van der Waals surface area contributed by atoms with Gasteiger partial charge in [0.25, 0.3) is 0 Å². The molecule has 0 aliphatic heterocycles. The van der Waals surface area contributed by atoms with Gasteiger partial charge in [-0.05, 0) is 44.0 Å². The van der Waals surface area contributed by atoms with Crippen molar-refractivity contribution in [3.05, 3.63) is 35.7 Å². The molecule has 2 aromatic rings. The highest BCUT2D eigenvalue weighted by atomic mass is 32.2. The smallest absolute Gasteiger partial charge is 0.406 e. The van der Waals surface area contributed by atoms with E-state index < -0.39 is 33.6 Å². The van der Waals surface area contributed by atoms with Crippen LogP contribution in [-0.2, 0) is 21.2 Å². The Bertz CT molecular complexity index is 981. The molecule has 29 heavy (non-hydrogen) atoms. The maximum atomic E-state index is 12.7. The second kappa shape index (κ2) is 8.44. The normalized spacial score (nSPS) is 12.3. The number of halogens is 3. The molecule has 1 aromatic heterocycles. The summed E-state index contributed by atoms with van der Waals surface area (Å²) in [6.07, 6.45) is -4.83. The van der Waals surface area contributed by atoms with E-state index in [4.69, 9.17) is 0 Å². The monoisotopic (exact) mass is 433 g/mol. The number of anilines is 1. The van der Waals surface area contributed by atoms with Crippen molar-refractivity contribution >= 4 is 21.4 Å². The number of ether oxygens (including phenoxy) is 1. The lowest BCUT2D eigenvalue weighted by molar-refractivity contribution is -0.274. The predicted molar refractivity (Wildman–Crippen MR) is 100 cm³/mol. The molecule has 1 amide bonds. The van der Waals surface area contributed by atoms with Gasteiger partial charge in [0.15, 0.2) is 0 Å². The van der Waals surface area contributed by atoms with Crippen LogP contribution >= 0.6 is 0 Å². The molecule has 2 rings (SSSR count). The molecule has 0 saturated heterocycles. The third-order valence-electron chi connectivity index (χ3n) is 3.94. The number of nitrogens with one attached hydrogen (secondary N) is 1. The Hall–Kier alpha value is -2.56. The zero-order valence-electron chi connectivity index (χ0n) is 16.4. The zero-order valence-corrected chi connectivity index (χ0v) is 17.2. The predicted octanol–water partition coefficient (Wildman–Crippen LogP) is 3.47. The summed E-state index contributed by atoms with van der Waals surface area (Å²) < 4.78 is 67.3. The lowest BCUT2D eigenvalue weighted by Gasteiger charge is -2.13. The SMILES string of the molecule is Cc1nc(S(=O)(=O)CC(=O)Nc2ccc(OC(F)(F)F)cc2)n(CC(C)C)c1C. The quantitative estimate of drug-likeness (QED) is 0.722. The number of sulfone groups is 1. The minimum Gasteiger partial charge on any atom is -0.406 e. The fraction of sp³-hybridized carbons (Fsp3) is 0.444. The van der Waals surface area contributed by atoms with Crippen LogP contribution in [-0.4, -0.2) is 36.0 Å². The molecule has 11 heteroatoms. The number of carbonyl (C=O) groups is 1. The van der Waals surface area contributed by atoms with E-state index in [2.05, 4.69) is 15.0 Å². The minimum atomic E-state index is -4.83. The summed E-state index contributed by atoms with van der Waals surface area (Å²) >= 11 is 0. The average Bonchev–Trinajstić information content (AvgIpc) is 2.83. The number of aryl methyl sites for hydroxylation is 1. The van der Waals surface area contributed by atoms with Gasteiger partial charge < -0.3 is 14.6 Å². The van der Waals surface area contributed by atoms with Crippen LogP contribution in [0.5, 0.6) is 5.75 Å². The van der Waals surface area contributed by atoms with Crippen molar-refractivity contribution in [1.82, 2.24) is 9.55 Å². The number of benzene rings is 1. The third-order valence-corrected chi connectivity index (χ3v) is 5.45. The second-order valence-corrected chi connectivity index (χ2v) is 8.83. The van der Waals surface area contributed by atoms with Gasteiger partial charge >= 0.3 is 6.36 Å². The molecule has 0 atom stereocenters. The van der Waals surface area contributed by atoms with E-state index in [1.165, 1.54) is 12.1 Å². The number of rotatable bonds is 7. The molecule has 1 heterocycles. The van der Waals surface area contributed by atoms with Crippen LogP contribution in [0.3, 0.4) is 0 Å². The van der Waals surface area contributed by atoms with Crippen molar-refractivity contribution in [3.8, 4) is 5.75 Å². The van der Waals surface area contributed by atoms with Crippen molar-refractivity contribution in [1.29, 1.82) is 0 Å². The fourth-order valence-electron chi connectivity index (χ4n) is 2.62. The largest absolute Gasteiger partial charge is 0.573 e. The second-order valence-electron chi connectivity index (χ2n) is 6.95. The highest BCUT2D eigenvalue weighted by Gasteiger charge is 2.31. The number of hydrogen-bond donors (Lipinski definition) is 1. The number of alkyl halides is 3. The highest BCUT2D eigenvalue weighted by molar-refractivity contribution is 7.92. The van der Waals surface area contributed by atoms with Crippen LogP contribution in [0.4, 0.5) is 18.9 Å². The molecule has 0 fully saturated rings. The number of nitrogens with zero attached hydrogens (tertiary/aromatic N) is 2. The Balaban J connectivity index is 2.13. The summed E-state index contributed by atoms with van der Waals surface area (Å²) in [6, 6.07) is 4.39. The molecule has 7 nitrogen and oxygen atoms in total. The first-order valence-corrected chi connectivity index (χ1v) is 10.4. The number of carbonyl (C=O) groups excluding carboxylic acids is 1. The molecule has 0 bridgehead atoms. The number of amides is 1. The van der Waals surface area contributed by atoms with Crippen LogP contribution < -0.4 is 10.1 Å². The standard InChI is InChI=1S/C18H22F3N3O4S/c1-11(2)9-24-13(4)12(3)22-17(24)29(26,27)10-16(25)23-14-5-7-15(8-6-14)28-18(19,20)21/h5-8,11H,9-10H2,1-4H3,(H,23,25). The van der Waals surface area contributed by atoms with E-state index in [-0.39, 0.29) is 16.8 Å². The van der Waals surface area contributed by atoms with Gasteiger partial charge in [-0.25, -0.2) is 13.4 Å². The van der Waals surface area contributed by atoms with Crippen molar-refractivity contribution in [3.63, 3.8) is 0 Å². The van der Waals surface area contributed by atoms with Gasteiger partial charge in [-0.3, -0.25) is 4.79 Å². The molecule has 1 aromatic carbocycles. The Morgan fingerprint density at radius 2 is 1.79 bits per heavy atom. The summed E-state index contributed by atoms with van der Waals surface area (Å²) in [5.74, 6) is -1.96. The van der Waals surface area contributed by atoms with Gasteiger partial charge in [-0.15, -0.1) is 13.2 Å². The lowest BCUT2D eigenvalue weighted by Crippen LogP contribution is -2.26. The third kappa shape index (κ3) is 6.21. The highest BCUT2D eigenvalue weighted by Crippen LogP contribution is 2.24. The summed E-state index contributed by atoms with van der Waals surface area (Å²) in [5, 5.41) is 2.17. The Labute approximate surface area is 166 Å². The minimum absolute atomic E-state index is 0.137. The maximum Gasteiger partial charge on any atom is 0.573 e. The molecule has 0 aliphatic rings. The molecule has 0 saturated carbocycles. The molecular weight excluding hydrogens is 411 g/mol. The lowest BCUT2D eigenvalue weighted by atomic mass is 10.2. The van der Waals surface area contributed by atoms with Crippen LogP contribution in [0.2, 0.25) is 0 Å².